The molecule has 9 heteroatoms. The molecule has 0 bridgehead atoms. The highest BCUT2D eigenvalue weighted by Crippen LogP contribution is 2.58. The van der Waals surface area contributed by atoms with E-state index in [4.69, 9.17) is 0 Å². The van der Waals surface area contributed by atoms with Gasteiger partial charge < -0.3 is 15.1 Å². The first-order chi connectivity index (χ1) is 13.0. The molecule has 1 N–H and O–H groups in total. The molecule has 2 spiro atoms. The summed E-state index contributed by atoms with van der Waals surface area (Å²) < 4.78 is 26.1. The average Bonchev–Trinajstić information content (AvgIpc) is 3.13. The van der Waals surface area contributed by atoms with Crippen molar-refractivity contribution in [2.45, 2.75) is 40.0 Å². The minimum Gasteiger partial charge on any atom is -0.342 e. The lowest BCUT2D eigenvalue weighted by Crippen LogP contribution is -2.55. The number of piperidine rings is 1. The van der Waals surface area contributed by atoms with Crippen molar-refractivity contribution in [3.05, 3.63) is 0 Å². The third-order valence-corrected chi connectivity index (χ3v) is 8.16. The van der Waals surface area contributed by atoms with Crippen molar-refractivity contribution in [1.29, 1.82) is 0 Å². The van der Waals surface area contributed by atoms with Gasteiger partial charge in [0.05, 0.1) is 11.7 Å². The van der Waals surface area contributed by atoms with Gasteiger partial charge in [-0.1, -0.05) is 13.8 Å². The second-order valence-corrected chi connectivity index (χ2v) is 11.1. The fraction of sp³-hybridized carbons (Fsp3) is 0.895. The molecule has 3 heterocycles. The van der Waals surface area contributed by atoms with Crippen LogP contribution in [0.2, 0.25) is 0 Å². The predicted octanol–water partition coefficient (Wildman–Crippen LogP) is 0.948. The summed E-state index contributed by atoms with van der Waals surface area (Å²) >= 11 is 0. The van der Waals surface area contributed by atoms with Gasteiger partial charge in [-0.25, -0.2) is 17.5 Å². The Bertz CT molecular complexity index is 730. The number of nitrogens with zero attached hydrogens (tertiary/aromatic N) is 3. The van der Waals surface area contributed by atoms with Gasteiger partial charge in [0.1, 0.15) is 0 Å². The van der Waals surface area contributed by atoms with E-state index in [1.54, 1.807) is 4.90 Å². The number of carbonyl (C=O) groups is 2. The number of fused-ring (bicyclic) bond motifs is 1. The maximum Gasteiger partial charge on any atom is 0.317 e. The number of likely N-dealkylation sites (tertiary alicyclic amines) is 2. The third kappa shape index (κ3) is 3.51. The van der Waals surface area contributed by atoms with Crippen molar-refractivity contribution in [2.24, 2.45) is 16.7 Å². The van der Waals surface area contributed by atoms with Crippen LogP contribution in [0.3, 0.4) is 0 Å². The summed E-state index contributed by atoms with van der Waals surface area (Å²) in [5, 5.41) is 2.96. The van der Waals surface area contributed by atoms with Crippen LogP contribution in [0.15, 0.2) is 0 Å². The van der Waals surface area contributed by atoms with Gasteiger partial charge in [-0.3, -0.25) is 4.79 Å². The highest BCUT2D eigenvalue weighted by molar-refractivity contribution is 7.88. The van der Waals surface area contributed by atoms with Crippen molar-refractivity contribution in [1.82, 2.24) is 19.4 Å². The molecule has 0 radical (unpaired) electrons. The average molecular weight is 415 g/mol. The second kappa shape index (κ2) is 7.48. The van der Waals surface area contributed by atoms with E-state index in [-0.39, 0.29) is 23.9 Å². The van der Waals surface area contributed by atoms with E-state index in [1.165, 1.54) is 10.6 Å². The van der Waals surface area contributed by atoms with Gasteiger partial charge in [-0.05, 0) is 32.1 Å². The first-order valence-electron chi connectivity index (χ1n) is 10.3. The molecule has 3 rings (SSSR count). The van der Waals surface area contributed by atoms with Crippen molar-refractivity contribution >= 4 is 22.0 Å². The Labute approximate surface area is 168 Å². The molecule has 0 aromatic rings. The number of rotatable bonds is 4. The molecule has 8 nitrogen and oxygen atoms in total. The Morgan fingerprint density at radius 1 is 1.14 bits per heavy atom. The molecule has 3 saturated heterocycles. The fourth-order valence-electron chi connectivity index (χ4n) is 5.20. The molecule has 0 aliphatic carbocycles. The number of urea groups is 1. The van der Waals surface area contributed by atoms with Gasteiger partial charge in [-0.2, -0.15) is 0 Å². The standard InChI is InChI=1S/C19H34N4O4S/c1-5-21-11-8-19(16(21)24)14-23(28(4,26)27)13-18(19)6-9-22(10-7-18)17(25)20-12-15(2)3/h15H,5-14H2,1-4H3,(H,20,25). The Balaban J connectivity index is 1.81. The summed E-state index contributed by atoms with van der Waals surface area (Å²) in [7, 11) is -3.37. The van der Waals surface area contributed by atoms with Crippen LogP contribution < -0.4 is 5.32 Å². The summed E-state index contributed by atoms with van der Waals surface area (Å²) in [6, 6.07) is -0.0662. The topological polar surface area (TPSA) is 90.0 Å². The molecular weight excluding hydrogens is 380 g/mol. The molecule has 3 amide bonds. The van der Waals surface area contributed by atoms with Crippen LogP contribution in [-0.4, -0.2) is 86.5 Å². The minimum absolute atomic E-state index is 0.0662. The maximum atomic E-state index is 13.3. The van der Waals surface area contributed by atoms with Crippen LogP contribution in [-0.2, 0) is 14.8 Å². The van der Waals surface area contributed by atoms with Crippen molar-refractivity contribution < 1.29 is 18.0 Å². The molecule has 0 saturated carbocycles. The van der Waals surface area contributed by atoms with Crippen LogP contribution in [0.1, 0.15) is 40.0 Å². The molecule has 160 valence electrons. The van der Waals surface area contributed by atoms with E-state index in [2.05, 4.69) is 19.2 Å². The SMILES string of the molecule is CCN1CCC2(CN(S(C)(=O)=O)CC23CCN(C(=O)NCC(C)C)CC3)C1=O. The number of hydrogen-bond acceptors (Lipinski definition) is 4. The second-order valence-electron chi connectivity index (χ2n) is 9.10. The van der Waals surface area contributed by atoms with E-state index in [0.717, 1.165) is 0 Å². The highest BCUT2D eigenvalue weighted by atomic mass is 32.2. The van der Waals surface area contributed by atoms with Gasteiger partial charge in [0, 0.05) is 51.2 Å². The van der Waals surface area contributed by atoms with E-state index >= 15 is 0 Å². The Kier molecular flexibility index (Phi) is 5.71. The fourth-order valence-corrected chi connectivity index (χ4v) is 6.14. The normalized spacial score (nSPS) is 28.1. The molecule has 1 unspecified atom stereocenters. The molecule has 3 aliphatic heterocycles. The van der Waals surface area contributed by atoms with E-state index in [0.29, 0.717) is 64.4 Å². The molecule has 0 aromatic heterocycles. The number of nitrogens with one attached hydrogen (secondary N) is 1. The van der Waals surface area contributed by atoms with Crippen LogP contribution in [0.5, 0.6) is 0 Å². The third-order valence-electron chi connectivity index (χ3n) is 6.97. The zero-order chi connectivity index (χ0) is 20.7. The Hall–Kier alpha value is -1.35. The molecule has 1 atom stereocenters. The van der Waals surface area contributed by atoms with Gasteiger partial charge in [0.15, 0.2) is 0 Å². The first kappa shape index (κ1) is 21.4. The van der Waals surface area contributed by atoms with Gasteiger partial charge in [0.25, 0.3) is 0 Å². The summed E-state index contributed by atoms with van der Waals surface area (Å²) in [4.78, 5) is 29.4. The van der Waals surface area contributed by atoms with Gasteiger partial charge >= 0.3 is 6.03 Å². The van der Waals surface area contributed by atoms with E-state index in [9.17, 15) is 18.0 Å². The number of amides is 3. The quantitative estimate of drug-likeness (QED) is 0.742. The monoisotopic (exact) mass is 414 g/mol. The molecular formula is C19H34N4O4S. The lowest BCUT2D eigenvalue weighted by atomic mass is 9.60. The van der Waals surface area contributed by atoms with Crippen LogP contribution in [0, 0.1) is 16.7 Å². The molecule has 0 aromatic carbocycles. The van der Waals surface area contributed by atoms with Crippen LogP contribution >= 0.6 is 0 Å². The van der Waals surface area contributed by atoms with Crippen molar-refractivity contribution in [2.75, 3.05) is 52.1 Å². The van der Waals surface area contributed by atoms with Crippen molar-refractivity contribution in [3.63, 3.8) is 0 Å². The van der Waals surface area contributed by atoms with E-state index in [1.807, 2.05) is 11.8 Å². The predicted molar refractivity (Wildman–Crippen MR) is 107 cm³/mol. The summed E-state index contributed by atoms with van der Waals surface area (Å²) in [6.45, 7) is 9.83. The van der Waals surface area contributed by atoms with Gasteiger partial charge in [-0.15, -0.1) is 0 Å². The number of carbonyl (C=O) groups excluding carboxylic acids is 2. The largest absolute Gasteiger partial charge is 0.342 e. The number of sulfonamides is 1. The van der Waals surface area contributed by atoms with Crippen molar-refractivity contribution in [3.8, 4) is 0 Å². The van der Waals surface area contributed by atoms with Gasteiger partial charge in [0.2, 0.25) is 15.9 Å². The zero-order valence-corrected chi connectivity index (χ0v) is 18.3. The summed E-state index contributed by atoms with van der Waals surface area (Å²) in [6.07, 6.45) is 3.26. The summed E-state index contributed by atoms with van der Waals surface area (Å²) in [5.41, 5.74) is -1.03. The Morgan fingerprint density at radius 3 is 2.29 bits per heavy atom. The van der Waals surface area contributed by atoms with Crippen LogP contribution in [0.25, 0.3) is 0 Å². The number of hydrogen-bond donors (Lipinski definition) is 1. The van der Waals surface area contributed by atoms with Crippen LogP contribution in [0.4, 0.5) is 4.79 Å². The minimum atomic E-state index is -3.37. The maximum absolute atomic E-state index is 13.3. The smallest absolute Gasteiger partial charge is 0.317 e. The molecule has 28 heavy (non-hydrogen) atoms. The summed E-state index contributed by atoms with van der Waals surface area (Å²) in [5.74, 6) is 0.483. The lowest BCUT2D eigenvalue weighted by molar-refractivity contribution is -0.141. The molecule has 3 aliphatic rings. The van der Waals surface area contributed by atoms with E-state index < -0.39 is 15.4 Å². The highest BCUT2D eigenvalue weighted by Gasteiger charge is 2.66. The Morgan fingerprint density at radius 2 is 1.79 bits per heavy atom. The zero-order valence-electron chi connectivity index (χ0n) is 17.5. The first-order valence-corrected chi connectivity index (χ1v) is 12.2. The molecule has 3 fully saturated rings. The lowest BCUT2D eigenvalue weighted by Gasteiger charge is -2.46.